The number of rotatable bonds is 6. The molecule has 2 N–H and O–H groups in total. The molecular weight excluding hydrogens is 342 g/mol. The fourth-order valence-corrected chi connectivity index (χ4v) is 3.57. The maximum atomic E-state index is 4.79. The predicted octanol–water partition coefficient (Wildman–Crippen LogP) is 4.17. The molecular formula is C20H25N5S. The van der Waals surface area contributed by atoms with Crippen LogP contribution in [-0.4, -0.2) is 30.1 Å². The zero-order chi connectivity index (χ0) is 18.5. The van der Waals surface area contributed by atoms with E-state index in [1.54, 1.807) is 17.7 Å². The van der Waals surface area contributed by atoms with E-state index in [4.69, 9.17) is 4.98 Å². The summed E-state index contributed by atoms with van der Waals surface area (Å²) in [5, 5.41) is 9.85. The Morgan fingerprint density at radius 3 is 2.85 bits per heavy atom. The zero-order valence-corrected chi connectivity index (χ0v) is 16.6. The van der Waals surface area contributed by atoms with Gasteiger partial charge in [-0.05, 0) is 50.5 Å². The third kappa shape index (κ3) is 4.38. The van der Waals surface area contributed by atoms with E-state index in [0.717, 1.165) is 47.3 Å². The number of anilines is 1. The van der Waals surface area contributed by atoms with Crippen LogP contribution in [0.4, 0.5) is 5.69 Å². The standard InChI is InChI=1S/C20H25N5S/c1-5-21-12-24-17-7-13(2)16(6-14(17)3)8-20-25-19(11-26-20)18-10-22-15(4)9-23-18/h6-7,10-12,23H,5,8-9H2,1-4H3,(H,21,24). The van der Waals surface area contributed by atoms with Gasteiger partial charge in [-0.15, -0.1) is 11.3 Å². The van der Waals surface area contributed by atoms with Crippen molar-refractivity contribution in [3.63, 3.8) is 0 Å². The summed E-state index contributed by atoms with van der Waals surface area (Å²) in [6.45, 7) is 9.88. The predicted molar refractivity (Wildman–Crippen MR) is 113 cm³/mol. The number of thiazole rings is 1. The van der Waals surface area contributed by atoms with E-state index >= 15 is 0 Å². The van der Waals surface area contributed by atoms with E-state index in [9.17, 15) is 0 Å². The number of aliphatic imine (C=N–C) groups is 2. The Bertz CT molecular complexity index is 876. The molecule has 1 aromatic heterocycles. The molecule has 0 saturated carbocycles. The van der Waals surface area contributed by atoms with Gasteiger partial charge in [-0.2, -0.15) is 0 Å². The highest BCUT2D eigenvalue weighted by Gasteiger charge is 2.12. The van der Waals surface area contributed by atoms with Crippen molar-refractivity contribution in [2.24, 2.45) is 9.98 Å². The molecule has 26 heavy (non-hydrogen) atoms. The van der Waals surface area contributed by atoms with Gasteiger partial charge in [0, 0.05) is 29.7 Å². The Hall–Kier alpha value is -2.47. The number of hydrogen-bond acceptors (Lipinski definition) is 5. The van der Waals surface area contributed by atoms with E-state index in [0.29, 0.717) is 0 Å². The molecule has 0 atom stereocenters. The Morgan fingerprint density at radius 2 is 2.12 bits per heavy atom. The zero-order valence-electron chi connectivity index (χ0n) is 15.8. The molecule has 136 valence electrons. The van der Waals surface area contributed by atoms with Crippen molar-refractivity contribution in [3.05, 3.63) is 51.1 Å². The minimum absolute atomic E-state index is 0.783. The lowest BCUT2D eigenvalue weighted by Gasteiger charge is -2.12. The number of aromatic nitrogens is 1. The third-order valence-corrected chi connectivity index (χ3v) is 5.14. The Labute approximate surface area is 159 Å². The lowest BCUT2D eigenvalue weighted by molar-refractivity contribution is 0.989. The lowest BCUT2D eigenvalue weighted by atomic mass is 10.0. The fourth-order valence-electron chi connectivity index (χ4n) is 2.75. The highest BCUT2D eigenvalue weighted by atomic mass is 32.1. The van der Waals surface area contributed by atoms with Gasteiger partial charge in [0.15, 0.2) is 0 Å². The molecule has 6 heteroatoms. The van der Waals surface area contributed by atoms with Crippen LogP contribution in [0.1, 0.15) is 41.2 Å². The van der Waals surface area contributed by atoms with Gasteiger partial charge in [0.05, 0.1) is 35.5 Å². The highest BCUT2D eigenvalue weighted by molar-refractivity contribution is 7.09. The molecule has 0 bridgehead atoms. The average molecular weight is 368 g/mol. The van der Waals surface area contributed by atoms with Crippen LogP contribution in [0.15, 0.2) is 33.7 Å². The third-order valence-electron chi connectivity index (χ3n) is 4.29. The Kier molecular flexibility index (Phi) is 5.83. The van der Waals surface area contributed by atoms with Gasteiger partial charge in [0.25, 0.3) is 0 Å². The van der Waals surface area contributed by atoms with Gasteiger partial charge in [-0.3, -0.25) is 9.98 Å². The Balaban J connectivity index is 1.75. The highest BCUT2D eigenvalue weighted by Crippen LogP contribution is 2.25. The molecule has 1 aliphatic rings. The minimum atomic E-state index is 0.783. The average Bonchev–Trinajstić information content (AvgIpc) is 3.08. The van der Waals surface area contributed by atoms with Crippen LogP contribution in [-0.2, 0) is 6.42 Å². The SMILES string of the molecule is CCN=CNc1cc(C)c(Cc2nc(C3=CN=C(C)CN3)cs2)cc1C. The summed E-state index contributed by atoms with van der Waals surface area (Å²) >= 11 is 1.70. The lowest BCUT2D eigenvalue weighted by Crippen LogP contribution is -2.22. The minimum Gasteiger partial charge on any atom is -0.377 e. The molecule has 0 fully saturated rings. The Morgan fingerprint density at radius 1 is 1.27 bits per heavy atom. The largest absolute Gasteiger partial charge is 0.377 e. The summed E-state index contributed by atoms with van der Waals surface area (Å²) in [5.41, 5.74) is 7.95. The van der Waals surface area contributed by atoms with E-state index in [-0.39, 0.29) is 0 Å². The number of benzene rings is 1. The van der Waals surface area contributed by atoms with E-state index in [1.165, 1.54) is 16.7 Å². The fraction of sp³-hybridized carbons (Fsp3) is 0.350. The van der Waals surface area contributed by atoms with E-state index in [2.05, 4.69) is 52.0 Å². The number of nitrogens with one attached hydrogen (secondary N) is 2. The first-order chi connectivity index (χ1) is 12.6. The van der Waals surface area contributed by atoms with Crippen molar-refractivity contribution >= 4 is 34.8 Å². The first-order valence-electron chi connectivity index (χ1n) is 8.84. The van der Waals surface area contributed by atoms with Gasteiger partial charge >= 0.3 is 0 Å². The van der Waals surface area contributed by atoms with Crippen LogP contribution in [0, 0.1) is 13.8 Å². The van der Waals surface area contributed by atoms with E-state index in [1.807, 2.05) is 20.0 Å². The van der Waals surface area contributed by atoms with Crippen molar-refractivity contribution in [2.45, 2.75) is 34.1 Å². The molecule has 2 aromatic rings. The van der Waals surface area contributed by atoms with Crippen LogP contribution >= 0.6 is 11.3 Å². The maximum absolute atomic E-state index is 4.79. The second-order valence-corrected chi connectivity index (χ2v) is 7.37. The van der Waals surface area contributed by atoms with Gasteiger partial charge in [-0.25, -0.2) is 4.98 Å². The summed E-state index contributed by atoms with van der Waals surface area (Å²) in [6, 6.07) is 4.42. The molecule has 3 rings (SSSR count). The number of aryl methyl sites for hydroxylation is 2. The van der Waals surface area contributed by atoms with Crippen molar-refractivity contribution < 1.29 is 0 Å². The molecule has 0 amide bonds. The van der Waals surface area contributed by atoms with Crippen molar-refractivity contribution in [1.82, 2.24) is 10.3 Å². The molecule has 0 aliphatic carbocycles. The molecule has 0 spiro atoms. The normalized spacial score (nSPS) is 14.2. The summed E-state index contributed by atoms with van der Waals surface area (Å²) in [5.74, 6) is 0. The number of nitrogens with zero attached hydrogens (tertiary/aromatic N) is 3. The molecule has 0 unspecified atom stereocenters. The first kappa shape index (κ1) is 18.3. The smallest absolute Gasteiger partial charge is 0.0989 e. The topological polar surface area (TPSA) is 61.7 Å². The molecule has 0 saturated heterocycles. The first-order valence-corrected chi connectivity index (χ1v) is 9.71. The van der Waals surface area contributed by atoms with Gasteiger partial charge in [-0.1, -0.05) is 6.07 Å². The van der Waals surface area contributed by atoms with Crippen LogP contribution in [0.3, 0.4) is 0 Å². The molecule has 2 heterocycles. The van der Waals surface area contributed by atoms with E-state index < -0.39 is 0 Å². The maximum Gasteiger partial charge on any atom is 0.0989 e. The van der Waals surface area contributed by atoms with Crippen molar-refractivity contribution in [2.75, 3.05) is 18.4 Å². The summed E-state index contributed by atoms with van der Waals surface area (Å²) in [4.78, 5) is 13.4. The van der Waals surface area contributed by atoms with Crippen LogP contribution in [0.25, 0.3) is 5.70 Å². The second-order valence-electron chi connectivity index (χ2n) is 6.43. The van der Waals surface area contributed by atoms with Crippen LogP contribution in [0.2, 0.25) is 0 Å². The summed E-state index contributed by atoms with van der Waals surface area (Å²) < 4.78 is 0. The monoisotopic (exact) mass is 367 g/mol. The van der Waals surface area contributed by atoms with Crippen LogP contribution < -0.4 is 10.6 Å². The summed E-state index contributed by atoms with van der Waals surface area (Å²) in [6.07, 6.45) is 4.48. The molecule has 0 radical (unpaired) electrons. The van der Waals surface area contributed by atoms with Gasteiger partial charge in [0.2, 0.25) is 0 Å². The molecule has 5 nitrogen and oxygen atoms in total. The van der Waals surface area contributed by atoms with Crippen LogP contribution in [0.5, 0.6) is 0 Å². The molecule has 1 aliphatic heterocycles. The van der Waals surface area contributed by atoms with Crippen molar-refractivity contribution in [3.8, 4) is 0 Å². The summed E-state index contributed by atoms with van der Waals surface area (Å²) in [7, 11) is 0. The van der Waals surface area contributed by atoms with Gasteiger partial charge in [0.1, 0.15) is 0 Å². The quantitative estimate of drug-likeness (QED) is 0.595. The second kappa shape index (κ2) is 8.27. The van der Waals surface area contributed by atoms with Gasteiger partial charge < -0.3 is 10.6 Å². The van der Waals surface area contributed by atoms with Crippen molar-refractivity contribution in [1.29, 1.82) is 0 Å². The number of hydrogen-bond donors (Lipinski definition) is 2. The molecule has 1 aromatic carbocycles.